The van der Waals surface area contributed by atoms with Crippen molar-refractivity contribution in [1.29, 1.82) is 0 Å². The molecule has 3 heterocycles. The van der Waals surface area contributed by atoms with Crippen LogP contribution in [-0.2, 0) is 22.9 Å². The number of fused-ring (bicyclic) bond motifs is 1. The minimum Gasteiger partial charge on any atom is -0.383 e. The number of nitrogens with zero attached hydrogens (tertiary/aromatic N) is 1. The van der Waals surface area contributed by atoms with Gasteiger partial charge < -0.3 is 9.84 Å². The topological polar surface area (TPSA) is 129 Å². The molecule has 0 saturated carbocycles. The van der Waals surface area contributed by atoms with E-state index in [0.29, 0.717) is 0 Å². The van der Waals surface area contributed by atoms with Crippen LogP contribution in [-0.4, -0.2) is 45.2 Å². The number of aromatic nitrogens is 2. The van der Waals surface area contributed by atoms with Crippen molar-refractivity contribution in [2.45, 2.75) is 50.9 Å². The summed E-state index contributed by atoms with van der Waals surface area (Å²) in [5.41, 5.74) is -3.01. The molecule has 2 fully saturated rings. The van der Waals surface area contributed by atoms with Crippen LogP contribution in [0.4, 0.5) is 0 Å². The third-order valence-corrected chi connectivity index (χ3v) is 5.43. The predicted octanol–water partition coefficient (Wildman–Crippen LogP) is 0.133. The number of hydrogen-bond acceptors (Lipinski definition) is 8. The Morgan fingerprint density at radius 2 is 2.21 bits per heavy atom. The lowest BCUT2D eigenvalue weighted by atomic mass is 9.96. The molecule has 10 nitrogen and oxygen atoms in total. The van der Waals surface area contributed by atoms with Gasteiger partial charge in [-0.2, -0.15) is 0 Å². The molecular weight excluding hydrogens is 343 g/mol. The maximum absolute atomic E-state index is 12.5. The molecule has 2 aliphatic heterocycles. The molecular formula is C13H19N2O8P. The second-order valence-corrected chi connectivity index (χ2v) is 7.77. The highest BCUT2D eigenvalue weighted by atomic mass is 31.2. The Kier molecular flexibility index (Phi) is 4.31. The molecule has 2 N–H and O–H groups in total. The minimum atomic E-state index is -3.84. The summed E-state index contributed by atoms with van der Waals surface area (Å²) >= 11 is 0. The summed E-state index contributed by atoms with van der Waals surface area (Å²) in [6.07, 6.45) is -2.12. The molecule has 3 rings (SSSR count). The van der Waals surface area contributed by atoms with E-state index in [-0.39, 0.29) is 6.61 Å². The Morgan fingerprint density at radius 1 is 1.50 bits per heavy atom. The molecule has 2 saturated heterocycles. The SMILES string of the molecule is CC(C)OP1(=O)OC[C@H]2O[C@@H](n3ccc(=O)[nH]c3=O)C(C)(O)[C@H]2O1. The molecule has 134 valence electrons. The Morgan fingerprint density at radius 3 is 2.83 bits per heavy atom. The van der Waals surface area contributed by atoms with Crippen LogP contribution < -0.4 is 11.2 Å². The quantitative estimate of drug-likeness (QED) is 0.726. The van der Waals surface area contributed by atoms with Crippen LogP contribution in [0.1, 0.15) is 27.0 Å². The molecule has 2 unspecified atom stereocenters. The lowest BCUT2D eigenvalue weighted by molar-refractivity contribution is -0.0946. The van der Waals surface area contributed by atoms with Gasteiger partial charge in [0, 0.05) is 12.3 Å². The zero-order chi connectivity index (χ0) is 17.7. The summed E-state index contributed by atoms with van der Waals surface area (Å²) in [5.74, 6) is 0. The van der Waals surface area contributed by atoms with Crippen molar-refractivity contribution in [3.8, 4) is 0 Å². The smallest absolute Gasteiger partial charge is 0.383 e. The Bertz CT molecular complexity index is 785. The van der Waals surface area contributed by atoms with E-state index in [1.807, 2.05) is 0 Å². The highest BCUT2D eigenvalue weighted by Gasteiger charge is 2.60. The zero-order valence-corrected chi connectivity index (χ0v) is 14.3. The van der Waals surface area contributed by atoms with Crippen molar-refractivity contribution in [3.05, 3.63) is 33.1 Å². The number of nitrogens with one attached hydrogen (secondary N) is 1. The zero-order valence-electron chi connectivity index (χ0n) is 13.4. The van der Waals surface area contributed by atoms with Crippen molar-refractivity contribution in [1.82, 2.24) is 9.55 Å². The fourth-order valence-corrected chi connectivity index (χ4v) is 4.44. The minimum absolute atomic E-state index is 0.126. The molecule has 0 radical (unpaired) electrons. The average Bonchev–Trinajstić information content (AvgIpc) is 2.69. The molecule has 2 aliphatic rings. The molecule has 0 bridgehead atoms. The number of aliphatic hydroxyl groups is 1. The summed E-state index contributed by atoms with van der Waals surface area (Å²) in [6.45, 7) is 4.61. The number of aromatic amines is 1. The number of ether oxygens (including phenoxy) is 1. The van der Waals surface area contributed by atoms with Gasteiger partial charge in [-0.25, -0.2) is 9.36 Å². The first kappa shape index (κ1) is 17.5. The second kappa shape index (κ2) is 5.91. The van der Waals surface area contributed by atoms with Gasteiger partial charge in [0.1, 0.15) is 17.8 Å². The standard InChI is InChI=1S/C13H19N2O8P/c1-7(2)22-24(19)20-6-8-10(23-24)13(3,18)11(21-8)15-5-4-9(16)14-12(15)17/h4-5,7-8,10-11,18H,6H2,1-3H3,(H,14,16,17)/t8-,10+,11-,13?,24?/m1/s1. The summed E-state index contributed by atoms with van der Waals surface area (Å²) in [4.78, 5) is 25.2. The molecule has 24 heavy (non-hydrogen) atoms. The average molecular weight is 362 g/mol. The first-order chi connectivity index (χ1) is 11.1. The normalized spacial score (nSPS) is 39.1. The largest absolute Gasteiger partial charge is 0.475 e. The molecule has 11 heteroatoms. The fraction of sp³-hybridized carbons (Fsp3) is 0.692. The first-order valence-corrected chi connectivity index (χ1v) is 8.89. The lowest BCUT2D eigenvalue weighted by Gasteiger charge is -2.35. The molecule has 0 aromatic carbocycles. The number of phosphoric ester groups is 1. The highest BCUT2D eigenvalue weighted by Crippen LogP contribution is 2.59. The molecule has 1 aromatic heterocycles. The van der Waals surface area contributed by atoms with E-state index < -0.39 is 49.2 Å². The van der Waals surface area contributed by atoms with Crippen molar-refractivity contribution in [2.24, 2.45) is 0 Å². The summed E-state index contributed by atoms with van der Waals surface area (Å²) in [7, 11) is -3.84. The maximum atomic E-state index is 12.5. The van der Waals surface area contributed by atoms with E-state index in [9.17, 15) is 19.3 Å². The van der Waals surface area contributed by atoms with Gasteiger partial charge in [0.15, 0.2) is 6.23 Å². The van der Waals surface area contributed by atoms with Gasteiger partial charge in [-0.1, -0.05) is 0 Å². The van der Waals surface area contributed by atoms with E-state index >= 15 is 0 Å². The summed E-state index contributed by atoms with van der Waals surface area (Å²) in [5, 5.41) is 10.8. The van der Waals surface area contributed by atoms with E-state index in [2.05, 4.69) is 4.98 Å². The van der Waals surface area contributed by atoms with Crippen LogP contribution in [0.2, 0.25) is 0 Å². The van der Waals surface area contributed by atoms with Gasteiger partial charge in [-0.3, -0.25) is 27.9 Å². The summed E-state index contributed by atoms with van der Waals surface area (Å²) < 4.78 is 34.9. The van der Waals surface area contributed by atoms with Gasteiger partial charge in [-0.05, 0) is 20.8 Å². The van der Waals surface area contributed by atoms with Crippen molar-refractivity contribution < 1.29 is 28.0 Å². The Balaban J connectivity index is 1.91. The number of rotatable bonds is 3. The van der Waals surface area contributed by atoms with Crippen molar-refractivity contribution in [2.75, 3.05) is 6.61 Å². The highest BCUT2D eigenvalue weighted by molar-refractivity contribution is 7.48. The van der Waals surface area contributed by atoms with E-state index in [1.165, 1.54) is 13.1 Å². The van der Waals surface area contributed by atoms with Crippen LogP contribution in [0.15, 0.2) is 21.9 Å². The first-order valence-electron chi connectivity index (χ1n) is 7.43. The predicted molar refractivity (Wildman–Crippen MR) is 80.5 cm³/mol. The van der Waals surface area contributed by atoms with Crippen molar-refractivity contribution >= 4 is 7.82 Å². The van der Waals surface area contributed by atoms with Gasteiger partial charge in [-0.15, -0.1) is 0 Å². The van der Waals surface area contributed by atoms with Crippen molar-refractivity contribution in [3.63, 3.8) is 0 Å². The van der Waals surface area contributed by atoms with Crippen LogP contribution in [0.25, 0.3) is 0 Å². The Labute approximate surface area is 136 Å². The van der Waals surface area contributed by atoms with E-state index in [4.69, 9.17) is 18.3 Å². The fourth-order valence-electron chi connectivity index (χ4n) is 2.80. The van der Waals surface area contributed by atoms with Gasteiger partial charge >= 0.3 is 13.5 Å². The third kappa shape index (κ3) is 3.01. The number of hydrogen-bond donors (Lipinski definition) is 2. The number of H-pyrrole nitrogens is 1. The lowest BCUT2D eigenvalue weighted by Crippen LogP contribution is -2.49. The van der Waals surface area contributed by atoms with Gasteiger partial charge in [0.05, 0.1) is 12.7 Å². The molecule has 0 spiro atoms. The van der Waals surface area contributed by atoms with Gasteiger partial charge in [0.2, 0.25) is 0 Å². The second-order valence-electron chi connectivity index (χ2n) is 6.19. The molecule has 0 aliphatic carbocycles. The molecule has 5 atom stereocenters. The van der Waals surface area contributed by atoms with Crippen LogP contribution in [0.5, 0.6) is 0 Å². The third-order valence-electron chi connectivity index (χ3n) is 3.80. The monoisotopic (exact) mass is 362 g/mol. The van der Waals surface area contributed by atoms with Crippen LogP contribution in [0, 0.1) is 0 Å². The van der Waals surface area contributed by atoms with E-state index in [1.54, 1.807) is 13.8 Å². The molecule has 1 aromatic rings. The van der Waals surface area contributed by atoms with Crippen LogP contribution >= 0.6 is 7.82 Å². The molecule has 0 amide bonds. The Hall–Kier alpha value is -1.29. The summed E-state index contributed by atoms with van der Waals surface area (Å²) in [6, 6.07) is 1.13. The maximum Gasteiger partial charge on any atom is 0.475 e. The number of phosphoric acid groups is 1. The van der Waals surface area contributed by atoms with E-state index in [0.717, 1.165) is 10.6 Å². The van der Waals surface area contributed by atoms with Gasteiger partial charge in [0.25, 0.3) is 5.56 Å². The van der Waals surface area contributed by atoms with Crippen LogP contribution in [0.3, 0.4) is 0 Å².